The first-order valence-electron chi connectivity index (χ1n) is 5.98. The van der Waals surface area contributed by atoms with Crippen LogP contribution in [0.15, 0.2) is 0 Å². The maximum absolute atomic E-state index is 10.1. The second-order valence-electron chi connectivity index (χ2n) is 3.33. The van der Waals surface area contributed by atoms with E-state index in [9.17, 15) is 4.79 Å². The molecule has 110 valence electrons. The molecule has 0 aromatic carbocycles. The van der Waals surface area contributed by atoms with Gasteiger partial charge in [-0.05, 0) is 0 Å². The molecule has 7 heteroatoms. The Balaban J connectivity index is 2.95. The zero-order valence-electron chi connectivity index (χ0n) is 10.9. The molecule has 19 heavy (non-hydrogen) atoms. The summed E-state index contributed by atoms with van der Waals surface area (Å²) in [6, 6.07) is 0. The molecular weight excluding hydrogens is 254 g/mol. The van der Waals surface area contributed by atoms with Crippen LogP contribution < -0.4 is 5.32 Å². The van der Waals surface area contributed by atoms with E-state index in [1.807, 2.05) is 0 Å². The summed E-state index contributed by atoms with van der Waals surface area (Å²) in [5.41, 5.74) is 0. The second kappa shape index (κ2) is 14.7. The molecule has 0 heterocycles. The number of carbonyl (C=O) groups is 1. The van der Waals surface area contributed by atoms with Crippen molar-refractivity contribution < 1.29 is 28.8 Å². The number of carboxylic acid groups (broad SMARTS) is 1. The summed E-state index contributed by atoms with van der Waals surface area (Å²) in [4.78, 5) is 10.1. The minimum atomic E-state index is -1.05. The highest BCUT2D eigenvalue weighted by molar-refractivity contribution is 5.64. The molecule has 0 unspecified atom stereocenters. The van der Waals surface area contributed by atoms with E-state index in [0.717, 1.165) is 0 Å². The number of hydrogen-bond donors (Lipinski definition) is 2. The molecule has 1 amide bonds. The van der Waals surface area contributed by atoms with Crippen LogP contribution in [0.4, 0.5) is 4.79 Å². The van der Waals surface area contributed by atoms with E-state index < -0.39 is 6.09 Å². The SMILES string of the molecule is C#CCOCCOCCOCCOCCNC(=O)O. The Morgan fingerprint density at radius 1 is 0.947 bits per heavy atom. The summed E-state index contributed by atoms with van der Waals surface area (Å²) >= 11 is 0. The predicted molar refractivity (Wildman–Crippen MR) is 68.1 cm³/mol. The Bertz CT molecular complexity index is 253. The molecule has 2 N–H and O–H groups in total. The molecule has 0 aromatic rings. The lowest BCUT2D eigenvalue weighted by Gasteiger charge is -2.06. The van der Waals surface area contributed by atoms with E-state index in [1.54, 1.807) is 0 Å². The first kappa shape index (κ1) is 17.7. The fourth-order valence-corrected chi connectivity index (χ4v) is 1.02. The molecule has 0 aliphatic heterocycles. The van der Waals surface area contributed by atoms with Crippen LogP contribution in [0, 0.1) is 12.3 Å². The van der Waals surface area contributed by atoms with Gasteiger partial charge in [-0.3, -0.25) is 0 Å². The summed E-state index contributed by atoms with van der Waals surface area (Å²) in [7, 11) is 0. The van der Waals surface area contributed by atoms with E-state index in [1.165, 1.54) is 0 Å². The lowest BCUT2D eigenvalue weighted by atomic mass is 10.6. The van der Waals surface area contributed by atoms with Gasteiger partial charge in [-0.1, -0.05) is 5.92 Å². The van der Waals surface area contributed by atoms with Crippen molar-refractivity contribution in [3.8, 4) is 12.3 Å². The van der Waals surface area contributed by atoms with E-state index in [0.29, 0.717) is 52.9 Å². The monoisotopic (exact) mass is 275 g/mol. The topological polar surface area (TPSA) is 86.3 Å². The second-order valence-corrected chi connectivity index (χ2v) is 3.33. The van der Waals surface area contributed by atoms with E-state index >= 15 is 0 Å². The highest BCUT2D eigenvalue weighted by atomic mass is 16.6. The van der Waals surface area contributed by atoms with Gasteiger partial charge in [0.1, 0.15) is 6.61 Å². The van der Waals surface area contributed by atoms with Crippen molar-refractivity contribution in [1.82, 2.24) is 5.32 Å². The number of nitrogens with one attached hydrogen (secondary N) is 1. The fraction of sp³-hybridized carbons (Fsp3) is 0.750. The van der Waals surface area contributed by atoms with Crippen LogP contribution in [0.5, 0.6) is 0 Å². The molecule has 0 radical (unpaired) electrons. The Hall–Kier alpha value is -1.33. The summed E-state index contributed by atoms with van der Waals surface area (Å²) in [6.07, 6.45) is 3.95. The molecule has 0 rings (SSSR count). The van der Waals surface area contributed by atoms with Gasteiger partial charge in [0.15, 0.2) is 0 Å². The van der Waals surface area contributed by atoms with Crippen LogP contribution >= 0.6 is 0 Å². The van der Waals surface area contributed by atoms with Crippen LogP contribution in [0.25, 0.3) is 0 Å². The van der Waals surface area contributed by atoms with Gasteiger partial charge in [0, 0.05) is 6.54 Å². The molecule has 0 spiro atoms. The van der Waals surface area contributed by atoms with Crippen molar-refractivity contribution in [1.29, 1.82) is 0 Å². The van der Waals surface area contributed by atoms with Crippen molar-refractivity contribution in [2.75, 3.05) is 59.4 Å². The third-order valence-electron chi connectivity index (χ3n) is 1.82. The van der Waals surface area contributed by atoms with Gasteiger partial charge in [-0.25, -0.2) is 4.79 Å². The van der Waals surface area contributed by atoms with Gasteiger partial charge in [0.25, 0.3) is 0 Å². The summed E-state index contributed by atoms with van der Waals surface area (Å²) in [5, 5.41) is 10.5. The van der Waals surface area contributed by atoms with Gasteiger partial charge < -0.3 is 29.4 Å². The third-order valence-corrected chi connectivity index (χ3v) is 1.82. The van der Waals surface area contributed by atoms with Gasteiger partial charge in [0.2, 0.25) is 0 Å². The Morgan fingerprint density at radius 2 is 1.42 bits per heavy atom. The van der Waals surface area contributed by atoms with Crippen molar-refractivity contribution in [3.63, 3.8) is 0 Å². The number of rotatable bonds is 13. The van der Waals surface area contributed by atoms with E-state index in [2.05, 4.69) is 11.2 Å². The molecule has 0 atom stereocenters. The summed E-state index contributed by atoms with van der Waals surface area (Å²) in [6.45, 7) is 3.71. The Labute approximate surface area is 113 Å². The highest BCUT2D eigenvalue weighted by Crippen LogP contribution is 1.82. The van der Waals surface area contributed by atoms with E-state index in [4.69, 9.17) is 30.5 Å². The largest absolute Gasteiger partial charge is 0.465 e. The number of ether oxygens (including phenoxy) is 4. The quantitative estimate of drug-likeness (QED) is 0.362. The first-order chi connectivity index (χ1) is 9.27. The smallest absolute Gasteiger partial charge is 0.404 e. The van der Waals surface area contributed by atoms with Crippen molar-refractivity contribution >= 4 is 6.09 Å². The molecular formula is C12H21NO6. The molecule has 0 saturated heterocycles. The summed E-state index contributed by atoms with van der Waals surface area (Å²) < 4.78 is 20.6. The zero-order valence-corrected chi connectivity index (χ0v) is 10.9. The van der Waals surface area contributed by atoms with Gasteiger partial charge in [-0.15, -0.1) is 6.42 Å². The minimum absolute atomic E-state index is 0.274. The minimum Gasteiger partial charge on any atom is -0.465 e. The van der Waals surface area contributed by atoms with Gasteiger partial charge in [0.05, 0.1) is 46.2 Å². The molecule has 7 nitrogen and oxygen atoms in total. The third kappa shape index (κ3) is 16.7. The predicted octanol–water partition coefficient (Wildman–Crippen LogP) is -0.0464. The van der Waals surface area contributed by atoms with Crippen LogP contribution in [-0.2, 0) is 18.9 Å². The number of hydrogen-bond acceptors (Lipinski definition) is 5. The maximum Gasteiger partial charge on any atom is 0.404 e. The lowest BCUT2D eigenvalue weighted by molar-refractivity contribution is 0.00178. The van der Waals surface area contributed by atoms with Crippen LogP contribution in [0.3, 0.4) is 0 Å². The fourth-order valence-electron chi connectivity index (χ4n) is 1.02. The molecule has 0 aromatic heterocycles. The van der Waals surface area contributed by atoms with Crippen LogP contribution in [0.2, 0.25) is 0 Å². The molecule has 0 fully saturated rings. The van der Waals surface area contributed by atoms with Crippen LogP contribution in [-0.4, -0.2) is 70.6 Å². The molecule has 0 aliphatic rings. The van der Waals surface area contributed by atoms with Gasteiger partial charge in [-0.2, -0.15) is 0 Å². The Morgan fingerprint density at radius 3 is 1.89 bits per heavy atom. The van der Waals surface area contributed by atoms with Crippen molar-refractivity contribution in [2.24, 2.45) is 0 Å². The van der Waals surface area contributed by atoms with Gasteiger partial charge >= 0.3 is 6.09 Å². The van der Waals surface area contributed by atoms with Crippen LogP contribution in [0.1, 0.15) is 0 Å². The number of terminal acetylenes is 1. The normalized spacial score (nSPS) is 10.1. The maximum atomic E-state index is 10.1. The van der Waals surface area contributed by atoms with E-state index in [-0.39, 0.29) is 6.54 Å². The molecule has 0 saturated carbocycles. The summed E-state index contributed by atoms with van der Waals surface area (Å²) in [5.74, 6) is 2.36. The average Bonchev–Trinajstić information content (AvgIpc) is 2.39. The standard InChI is InChI=1S/C12H21NO6/c1-2-4-16-6-8-18-10-11-19-9-7-17-5-3-13-12(14)15/h1,13H,3-11H2,(H,14,15). The lowest BCUT2D eigenvalue weighted by Crippen LogP contribution is -2.25. The van der Waals surface area contributed by atoms with Crippen molar-refractivity contribution in [2.45, 2.75) is 0 Å². The molecule has 0 aliphatic carbocycles. The van der Waals surface area contributed by atoms with Crippen molar-refractivity contribution in [3.05, 3.63) is 0 Å². The number of amides is 1. The zero-order chi connectivity index (χ0) is 14.2. The highest BCUT2D eigenvalue weighted by Gasteiger charge is 1.94. The Kier molecular flexibility index (Phi) is 13.7. The first-order valence-corrected chi connectivity index (χ1v) is 5.98. The average molecular weight is 275 g/mol. The molecule has 0 bridgehead atoms.